The third-order valence-corrected chi connectivity index (χ3v) is 3.79. The third kappa shape index (κ3) is 3.91. The van der Waals surface area contributed by atoms with Crippen molar-refractivity contribution in [3.05, 3.63) is 77.0 Å². The number of rotatable bonds is 5. The molecular weight excluding hydrogens is 326 g/mol. The van der Waals surface area contributed by atoms with Crippen molar-refractivity contribution >= 4 is 5.91 Å². The summed E-state index contributed by atoms with van der Waals surface area (Å²) >= 11 is 0. The average molecular weight is 342 g/mol. The van der Waals surface area contributed by atoms with Crippen molar-refractivity contribution in [2.24, 2.45) is 0 Å². The van der Waals surface area contributed by atoms with Gasteiger partial charge in [0.15, 0.2) is 5.76 Å². The minimum absolute atomic E-state index is 0.233. The highest BCUT2D eigenvalue weighted by molar-refractivity contribution is 6.00. The van der Waals surface area contributed by atoms with Crippen LogP contribution in [0.15, 0.2) is 53.1 Å². The molecule has 0 fully saturated rings. The Bertz CT molecular complexity index is 889. The molecule has 0 aliphatic rings. The minimum Gasteiger partial charge on any atom is -0.355 e. The highest BCUT2D eigenvalue weighted by Gasteiger charge is 2.21. The minimum atomic E-state index is -0.422. The Morgan fingerprint density at radius 2 is 1.88 bits per heavy atom. The highest BCUT2D eigenvalue weighted by Crippen LogP contribution is 2.26. The van der Waals surface area contributed by atoms with Gasteiger partial charge in [-0.25, -0.2) is 8.78 Å². The summed E-state index contributed by atoms with van der Waals surface area (Å²) in [5.41, 5.74) is 2.07. The number of hydrogen-bond acceptors (Lipinski definition) is 3. The summed E-state index contributed by atoms with van der Waals surface area (Å²) < 4.78 is 31.5. The van der Waals surface area contributed by atoms with Gasteiger partial charge in [0, 0.05) is 12.1 Å². The van der Waals surface area contributed by atoms with Gasteiger partial charge in [0.05, 0.1) is 5.69 Å². The lowest BCUT2D eigenvalue weighted by molar-refractivity contribution is 0.0954. The van der Waals surface area contributed by atoms with Gasteiger partial charge in [-0.2, -0.15) is 0 Å². The lowest BCUT2D eigenvalue weighted by Crippen LogP contribution is -2.26. The van der Waals surface area contributed by atoms with E-state index in [9.17, 15) is 13.6 Å². The molecule has 0 atom stereocenters. The Morgan fingerprint density at radius 3 is 2.60 bits per heavy atom. The smallest absolute Gasteiger partial charge is 0.257 e. The van der Waals surface area contributed by atoms with Gasteiger partial charge in [-0.3, -0.25) is 4.79 Å². The number of amides is 1. The van der Waals surface area contributed by atoms with Crippen molar-refractivity contribution in [1.29, 1.82) is 0 Å². The van der Waals surface area contributed by atoms with Gasteiger partial charge in [0.1, 0.15) is 17.2 Å². The Labute approximate surface area is 143 Å². The van der Waals surface area contributed by atoms with Crippen LogP contribution < -0.4 is 5.32 Å². The van der Waals surface area contributed by atoms with Crippen molar-refractivity contribution in [1.82, 2.24) is 10.5 Å². The van der Waals surface area contributed by atoms with Gasteiger partial charge >= 0.3 is 0 Å². The van der Waals surface area contributed by atoms with Crippen LogP contribution in [0.4, 0.5) is 8.78 Å². The first-order valence-electron chi connectivity index (χ1n) is 7.79. The van der Waals surface area contributed by atoms with Gasteiger partial charge in [-0.05, 0) is 43.2 Å². The predicted octanol–water partition coefficient (Wildman–Crippen LogP) is 3.90. The number of benzene rings is 2. The van der Waals surface area contributed by atoms with Crippen LogP contribution >= 0.6 is 0 Å². The average Bonchev–Trinajstić information content (AvgIpc) is 2.98. The molecule has 4 nitrogen and oxygen atoms in total. The molecule has 0 aliphatic heterocycles. The number of carbonyl (C=O) groups is 1. The lowest BCUT2D eigenvalue weighted by atomic mass is 10.1. The highest BCUT2D eigenvalue weighted by atomic mass is 19.1. The molecule has 0 radical (unpaired) electrons. The Morgan fingerprint density at radius 1 is 1.12 bits per heavy atom. The van der Waals surface area contributed by atoms with Crippen LogP contribution in [0.1, 0.15) is 21.6 Å². The molecule has 1 amide bonds. The van der Waals surface area contributed by atoms with E-state index in [1.54, 1.807) is 31.2 Å². The second-order valence-corrected chi connectivity index (χ2v) is 5.61. The fourth-order valence-corrected chi connectivity index (χ4v) is 2.52. The first-order valence-corrected chi connectivity index (χ1v) is 7.79. The molecule has 0 bridgehead atoms. The van der Waals surface area contributed by atoms with E-state index in [-0.39, 0.29) is 23.0 Å². The van der Waals surface area contributed by atoms with E-state index in [2.05, 4.69) is 10.5 Å². The second-order valence-electron chi connectivity index (χ2n) is 5.61. The van der Waals surface area contributed by atoms with Crippen molar-refractivity contribution in [2.75, 3.05) is 6.54 Å². The predicted molar refractivity (Wildman–Crippen MR) is 89.1 cm³/mol. The normalized spacial score (nSPS) is 10.7. The molecule has 0 saturated carbocycles. The molecule has 0 saturated heterocycles. The van der Waals surface area contributed by atoms with E-state index >= 15 is 0 Å². The summed E-state index contributed by atoms with van der Waals surface area (Å²) in [5, 5.41) is 6.61. The molecule has 0 aliphatic carbocycles. The number of aryl methyl sites for hydroxylation is 1. The maximum atomic E-state index is 13.4. The van der Waals surface area contributed by atoms with Crippen LogP contribution in [0.5, 0.6) is 0 Å². The first kappa shape index (κ1) is 16.8. The quantitative estimate of drug-likeness (QED) is 0.765. The zero-order chi connectivity index (χ0) is 17.8. The number of hydrogen-bond donors (Lipinski definition) is 1. The van der Waals surface area contributed by atoms with E-state index in [4.69, 9.17) is 4.52 Å². The van der Waals surface area contributed by atoms with Crippen LogP contribution in [-0.4, -0.2) is 17.6 Å². The van der Waals surface area contributed by atoms with Crippen LogP contribution in [0.25, 0.3) is 11.3 Å². The maximum Gasteiger partial charge on any atom is 0.257 e. The molecule has 25 heavy (non-hydrogen) atoms. The third-order valence-electron chi connectivity index (χ3n) is 3.79. The van der Waals surface area contributed by atoms with Crippen molar-refractivity contribution in [2.45, 2.75) is 13.3 Å². The molecule has 3 aromatic rings. The Balaban J connectivity index is 1.72. The number of nitrogens with zero attached hydrogens (tertiary/aromatic N) is 1. The summed E-state index contributed by atoms with van der Waals surface area (Å²) in [6.07, 6.45) is 0.561. The summed E-state index contributed by atoms with van der Waals surface area (Å²) in [6.45, 7) is 2.03. The van der Waals surface area contributed by atoms with E-state index in [1.165, 1.54) is 24.3 Å². The summed E-state index contributed by atoms with van der Waals surface area (Å²) in [7, 11) is 0. The molecule has 1 heterocycles. The fourth-order valence-electron chi connectivity index (χ4n) is 2.52. The monoisotopic (exact) mass is 342 g/mol. The molecule has 2 aromatic carbocycles. The number of nitrogens with one attached hydrogen (secondary N) is 1. The Kier molecular flexibility index (Phi) is 4.88. The zero-order valence-electron chi connectivity index (χ0n) is 13.6. The molecule has 6 heteroatoms. The Hall–Kier alpha value is -3.02. The SMILES string of the molecule is Cc1noc(-c2cccc(F)c2)c1C(=O)NCCc1ccc(F)cc1. The lowest BCUT2D eigenvalue weighted by Gasteiger charge is -2.06. The van der Waals surface area contributed by atoms with Crippen LogP contribution in [0.3, 0.4) is 0 Å². The molecule has 0 unspecified atom stereocenters. The summed E-state index contributed by atoms with van der Waals surface area (Å²) in [5.74, 6) is -0.835. The van der Waals surface area contributed by atoms with Gasteiger partial charge in [-0.1, -0.05) is 29.4 Å². The van der Waals surface area contributed by atoms with Gasteiger partial charge in [-0.15, -0.1) is 0 Å². The van der Waals surface area contributed by atoms with E-state index in [0.717, 1.165) is 5.56 Å². The molecule has 128 valence electrons. The molecule has 1 aromatic heterocycles. The van der Waals surface area contributed by atoms with Crippen molar-refractivity contribution in [3.63, 3.8) is 0 Å². The molecule has 3 rings (SSSR count). The van der Waals surface area contributed by atoms with Gasteiger partial charge in [0.25, 0.3) is 5.91 Å². The van der Waals surface area contributed by atoms with E-state index < -0.39 is 5.82 Å². The fraction of sp³-hybridized carbons (Fsp3) is 0.158. The zero-order valence-corrected chi connectivity index (χ0v) is 13.6. The number of halogens is 2. The molecule has 0 spiro atoms. The van der Waals surface area contributed by atoms with Crippen molar-refractivity contribution < 1.29 is 18.1 Å². The largest absolute Gasteiger partial charge is 0.355 e. The maximum absolute atomic E-state index is 13.4. The van der Waals surface area contributed by atoms with Crippen LogP contribution in [0, 0.1) is 18.6 Å². The second kappa shape index (κ2) is 7.25. The van der Waals surface area contributed by atoms with Crippen LogP contribution in [-0.2, 0) is 6.42 Å². The van der Waals surface area contributed by atoms with Crippen molar-refractivity contribution in [3.8, 4) is 11.3 Å². The molecular formula is C19H16F2N2O2. The topological polar surface area (TPSA) is 55.1 Å². The van der Waals surface area contributed by atoms with E-state index in [0.29, 0.717) is 24.2 Å². The van der Waals surface area contributed by atoms with E-state index in [1.807, 2.05) is 0 Å². The van der Waals surface area contributed by atoms with Gasteiger partial charge < -0.3 is 9.84 Å². The number of carbonyl (C=O) groups excluding carboxylic acids is 1. The van der Waals surface area contributed by atoms with Gasteiger partial charge in [0.2, 0.25) is 0 Å². The standard InChI is InChI=1S/C19H16F2N2O2/c1-12-17(18(25-23-12)14-3-2-4-16(21)11-14)19(24)22-10-9-13-5-7-15(20)8-6-13/h2-8,11H,9-10H2,1H3,(H,22,24). The molecule has 1 N–H and O–H groups in total. The van der Waals surface area contributed by atoms with Crippen LogP contribution in [0.2, 0.25) is 0 Å². The summed E-state index contributed by atoms with van der Waals surface area (Å²) in [6, 6.07) is 11.9. The first-order chi connectivity index (χ1) is 12.0. The summed E-state index contributed by atoms with van der Waals surface area (Å²) in [4.78, 5) is 12.5. The number of aromatic nitrogens is 1.